The van der Waals surface area contributed by atoms with Gasteiger partial charge in [-0.25, -0.2) is 0 Å². The first kappa shape index (κ1) is 12.3. The monoisotopic (exact) mass is 214 g/mol. The highest BCUT2D eigenvalue weighted by Gasteiger charge is 2.05. The number of anilines is 1. The van der Waals surface area contributed by atoms with Gasteiger partial charge in [0.25, 0.3) is 0 Å². The third kappa shape index (κ3) is 2.87. The van der Waals surface area contributed by atoms with Gasteiger partial charge in [0.15, 0.2) is 0 Å². The minimum atomic E-state index is 0.749. The first-order chi connectivity index (χ1) is 7.72. The van der Waals surface area contributed by atoms with Crippen LogP contribution in [0.2, 0.25) is 0 Å². The van der Waals surface area contributed by atoms with E-state index in [4.69, 9.17) is 5.26 Å². The van der Waals surface area contributed by atoms with Gasteiger partial charge in [0.05, 0.1) is 11.6 Å². The number of benzene rings is 1. The zero-order chi connectivity index (χ0) is 12.0. The van der Waals surface area contributed by atoms with E-state index >= 15 is 0 Å². The molecular formula is C14H18N2. The molecule has 2 nitrogen and oxygen atoms in total. The first-order valence-corrected chi connectivity index (χ1v) is 5.59. The standard InChI is InChI=1S/C14H18N2/c1-4-8-16(9-5-2)14-7-6-13(11-15)12(3)10-14/h4,6-7,10H,1,5,8-9H2,2-3H3. The van der Waals surface area contributed by atoms with Crippen molar-refractivity contribution in [2.45, 2.75) is 20.3 Å². The smallest absolute Gasteiger partial charge is 0.0994 e. The number of hydrogen-bond acceptors (Lipinski definition) is 2. The van der Waals surface area contributed by atoms with Gasteiger partial charge in [-0.2, -0.15) is 5.26 Å². The molecular weight excluding hydrogens is 196 g/mol. The van der Waals surface area contributed by atoms with Gasteiger partial charge in [0.2, 0.25) is 0 Å². The Morgan fingerprint density at radius 3 is 2.75 bits per heavy atom. The number of rotatable bonds is 5. The van der Waals surface area contributed by atoms with Gasteiger partial charge in [-0.1, -0.05) is 13.0 Å². The van der Waals surface area contributed by atoms with Gasteiger partial charge in [-0.15, -0.1) is 6.58 Å². The van der Waals surface area contributed by atoms with Crippen molar-refractivity contribution in [1.29, 1.82) is 5.26 Å². The molecule has 1 aromatic carbocycles. The molecule has 0 spiro atoms. The van der Waals surface area contributed by atoms with Crippen molar-refractivity contribution in [3.63, 3.8) is 0 Å². The molecule has 0 radical (unpaired) electrons. The molecule has 0 saturated carbocycles. The molecule has 1 rings (SSSR count). The predicted molar refractivity (Wildman–Crippen MR) is 68.6 cm³/mol. The third-order valence-corrected chi connectivity index (χ3v) is 2.54. The molecule has 0 atom stereocenters. The van der Waals surface area contributed by atoms with Crippen LogP contribution >= 0.6 is 0 Å². The van der Waals surface area contributed by atoms with Gasteiger partial charge in [-0.3, -0.25) is 0 Å². The van der Waals surface area contributed by atoms with Crippen LogP contribution in [0.3, 0.4) is 0 Å². The Hall–Kier alpha value is -1.75. The maximum atomic E-state index is 8.87. The summed E-state index contributed by atoms with van der Waals surface area (Å²) in [4.78, 5) is 2.27. The summed E-state index contributed by atoms with van der Waals surface area (Å²) in [6.45, 7) is 9.76. The second-order valence-corrected chi connectivity index (χ2v) is 3.85. The maximum Gasteiger partial charge on any atom is 0.0994 e. The molecule has 0 aliphatic rings. The molecule has 0 aliphatic heterocycles. The van der Waals surface area contributed by atoms with Gasteiger partial charge in [0.1, 0.15) is 0 Å². The van der Waals surface area contributed by atoms with Gasteiger partial charge >= 0.3 is 0 Å². The maximum absolute atomic E-state index is 8.87. The topological polar surface area (TPSA) is 27.0 Å². The Balaban J connectivity index is 2.97. The van der Waals surface area contributed by atoms with E-state index in [1.807, 2.05) is 25.1 Å². The van der Waals surface area contributed by atoms with Crippen molar-refractivity contribution in [3.8, 4) is 6.07 Å². The summed E-state index contributed by atoms with van der Waals surface area (Å²) in [6, 6.07) is 8.14. The normalized spacial score (nSPS) is 9.56. The van der Waals surface area contributed by atoms with Crippen molar-refractivity contribution in [2.75, 3.05) is 18.0 Å². The number of nitrogens with zero attached hydrogens (tertiary/aromatic N) is 2. The zero-order valence-electron chi connectivity index (χ0n) is 10.0. The van der Waals surface area contributed by atoms with E-state index in [0.29, 0.717) is 0 Å². The quantitative estimate of drug-likeness (QED) is 0.703. The van der Waals surface area contributed by atoms with E-state index in [1.54, 1.807) is 0 Å². The summed E-state index contributed by atoms with van der Waals surface area (Å²) < 4.78 is 0. The first-order valence-electron chi connectivity index (χ1n) is 5.59. The molecule has 1 aromatic rings. The molecule has 0 N–H and O–H groups in total. The number of hydrogen-bond donors (Lipinski definition) is 0. The van der Waals surface area contributed by atoms with Crippen LogP contribution in [-0.2, 0) is 0 Å². The van der Waals surface area contributed by atoms with E-state index in [1.165, 1.54) is 5.69 Å². The molecule has 0 saturated heterocycles. The Labute approximate surface area is 97.8 Å². The molecule has 0 fully saturated rings. The van der Waals surface area contributed by atoms with Crippen molar-refractivity contribution in [1.82, 2.24) is 0 Å². The molecule has 0 heterocycles. The van der Waals surface area contributed by atoms with Crippen LogP contribution in [0, 0.1) is 18.3 Å². The van der Waals surface area contributed by atoms with Gasteiger partial charge < -0.3 is 4.90 Å². The SMILES string of the molecule is C=CCN(CCC)c1ccc(C#N)c(C)c1. The lowest BCUT2D eigenvalue weighted by Crippen LogP contribution is -2.23. The third-order valence-electron chi connectivity index (χ3n) is 2.54. The van der Waals surface area contributed by atoms with Gasteiger partial charge in [-0.05, 0) is 37.1 Å². The highest BCUT2D eigenvalue weighted by molar-refractivity contribution is 5.53. The van der Waals surface area contributed by atoms with Crippen LogP contribution in [0.5, 0.6) is 0 Å². The van der Waals surface area contributed by atoms with Crippen LogP contribution in [0.4, 0.5) is 5.69 Å². The van der Waals surface area contributed by atoms with E-state index < -0.39 is 0 Å². The second kappa shape index (κ2) is 5.97. The molecule has 84 valence electrons. The fourth-order valence-electron chi connectivity index (χ4n) is 1.72. The lowest BCUT2D eigenvalue weighted by atomic mass is 10.1. The van der Waals surface area contributed by atoms with Crippen LogP contribution in [0.1, 0.15) is 24.5 Å². The number of nitriles is 1. The highest BCUT2D eigenvalue weighted by Crippen LogP contribution is 2.19. The van der Waals surface area contributed by atoms with Crippen LogP contribution in [0.15, 0.2) is 30.9 Å². The minimum Gasteiger partial charge on any atom is -0.368 e. The Kier molecular flexibility index (Phi) is 4.60. The van der Waals surface area contributed by atoms with Crippen molar-refractivity contribution < 1.29 is 0 Å². The second-order valence-electron chi connectivity index (χ2n) is 3.85. The zero-order valence-corrected chi connectivity index (χ0v) is 10.0. The molecule has 0 amide bonds. The molecule has 0 bridgehead atoms. The Morgan fingerprint density at radius 2 is 2.25 bits per heavy atom. The van der Waals surface area contributed by atoms with E-state index in [-0.39, 0.29) is 0 Å². The summed E-state index contributed by atoms with van der Waals surface area (Å²) in [5.41, 5.74) is 2.95. The van der Waals surface area contributed by atoms with E-state index in [2.05, 4.69) is 30.5 Å². The minimum absolute atomic E-state index is 0.749. The summed E-state index contributed by atoms with van der Waals surface area (Å²) in [7, 11) is 0. The fraction of sp³-hybridized carbons (Fsp3) is 0.357. The number of aryl methyl sites for hydroxylation is 1. The molecule has 16 heavy (non-hydrogen) atoms. The van der Waals surface area contributed by atoms with Crippen LogP contribution < -0.4 is 4.90 Å². The molecule has 0 aromatic heterocycles. The van der Waals surface area contributed by atoms with Crippen molar-refractivity contribution in [2.24, 2.45) is 0 Å². The average molecular weight is 214 g/mol. The fourth-order valence-corrected chi connectivity index (χ4v) is 1.72. The molecule has 2 heteroatoms. The summed E-state index contributed by atoms with van der Waals surface area (Å²) in [5, 5.41) is 8.87. The summed E-state index contributed by atoms with van der Waals surface area (Å²) >= 11 is 0. The Bertz CT molecular complexity index is 402. The van der Waals surface area contributed by atoms with E-state index in [9.17, 15) is 0 Å². The van der Waals surface area contributed by atoms with Gasteiger partial charge in [0, 0.05) is 18.8 Å². The Morgan fingerprint density at radius 1 is 1.50 bits per heavy atom. The van der Waals surface area contributed by atoms with Crippen molar-refractivity contribution in [3.05, 3.63) is 42.0 Å². The molecule has 0 unspecified atom stereocenters. The lowest BCUT2D eigenvalue weighted by Gasteiger charge is -2.23. The summed E-state index contributed by atoms with van der Waals surface area (Å²) in [6.07, 6.45) is 3.01. The lowest BCUT2D eigenvalue weighted by molar-refractivity contribution is 0.816. The van der Waals surface area contributed by atoms with Crippen LogP contribution in [0.25, 0.3) is 0 Å². The summed E-state index contributed by atoms with van der Waals surface area (Å²) in [5.74, 6) is 0. The van der Waals surface area contributed by atoms with Crippen molar-refractivity contribution >= 4 is 5.69 Å². The average Bonchev–Trinajstić information content (AvgIpc) is 2.28. The van der Waals surface area contributed by atoms with Crippen LogP contribution in [-0.4, -0.2) is 13.1 Å². The van der Waals surface area contributed by atoms with E-state index in [0.717, 1.165) is 30.6 Å². The predicted octanol–water partition coefficient (Wildman–Crippen LogP) is 3.27. The largest absolute Gasteiger partial charge is 0.368 e. The molecule has 0 aliphatic carbocycles. The highest BCUT2D eigenvalue weighted by atomic mass is 15.1.